The van der Waals surface area contributed by atoms with E-state index in [1.165, 1.54) is 16.8 Å². The summed E-state index contributed by atoms with van der Waals surface area (Å²) in [4.78, 5) is 44.5. The Morgan fingerprint density at radius 2 is 1.79 bits per heavy atom. The molecule has 9 nitrogen and oxygen atoms in total. The van der Waals surface area contributed by atoms with E-state index < -0.39 is 6.23 Å². The highest BCUT2D eigenvalue weighted by Gasteiger charge is 2.86. The number of hydrogen-bond acceptors (Lipinski definition) is 6. The molecule has 3 aromatic rings. The van der Waals surface area contributed by atoms with Crippen LogP contribution < -0.4 is 9.40 Å². The minimum Gasteiger partial charge on any atom is -0.373 e. The fourth-order valence-electron chi connectivity index (χ4n) is 8.82. The highest BCUT2D eigenvalue weighted by molar-refractivity contribution is 8.00. The van der Waals surface area contributed by atoms with Crippen LogP contribution in [0, 0.1) is 29.6 Å². The number of ketones is 1. The lowest BCUT2D eigenvalue weighted by atomic mass is 9.60. The van der Waals surface area contributed by atoms with Gasteiger partial charge in [-0.3, -0.25) is 14.4 Å². The van der Waals surface area contributed by atoms with Crippen LogP contribution >= 0.6 is 11.9 Å². The number of aromatic amines is 1. The summed E-state index contributed by atoms with van der Waals surface area (Å²) in [6.07, 6.45) is 5.02. The van der Waals surface area contributed by atoms with Gasteiger partial charge in [-0.05, 0) is 59.8 Å². The zero-order valence-electron chi connectivity index (χ0n) is 28.6. The van der Waals surface area contributed by atoms with Gasteiger partial charge in [0.2, 0.25) is 11.4 Å². The van der Waals surface area contributed by atoms with E-state index in [2.05, 4.69) is 30.6 Å². The number of unbranched alkanes of at least 4 members (excludes halogenated alkanes) is 2. The molecule has 254 valence electrons. The molecule has 4 aliphatic rings. The van der Waals surface area contributed by atoms with Gasteiger partial charge in [-0.2, -0.15) is 5.10 Å². The smallest absolute Gasteiger partial charge is 0.276 e. The van der Waals surface area contributed by atoms with Crippen molar-refractivity contribution in [2.24, 2.45) is 22.7 Å². The third-order valence-corrected chi connectivity index (χ3v) is 13.0. The van der Waals surface area contributed by atoms with Gasteiger partial charge in [-0.1, -0.05) is 74.5 Å². The Bertz CT molecular complexity index is 1750. The molecule has 3 saturated carbocycles. The molecule has 3 fully saturated rings. The first-order valence-corrected chi connectivity index (χ1v) is 18.6. The van der Waals surface area contributed by atoms with Gasteiger partial charge in [-0.15, -0.1) is 0 Å². The first-order valence-electron chi connectivity index (χ1n) is 17.6. The average Bonchev–Trinajstić information content (AvgIpc) is 3.29. The summed E-state index contributed by atoms with van der Waals surface area (Å²) in [5.41, 5.74) is 5.04. The number of nitrogens with zero attached hydrogens (tertiary/aromatic N) is 3. The summed E-state index contributed by atoms with van der Waals surface area (Å²) >= 11 is 1.54. The second-order valence-corrected chi connectivity index (χ2v) is 15.3. The van der Waals surface area contributed by atoms with Crippen molar-refractivity contribution < 1.29 is 24.2 Å². The SMILES string of the molecule is CCCCN(CCCC)C(=O)c1cc(C)[n+](-c2ccc(NSC[C@]34CC5[C@H](CC3=O)C54C)cc2C(=O)N2Cc3ccccc3C[C@H]2O)[nH]1. The molecule has 0 radical (unpaired) electrons. The molecule has 2 aromatic carbocycles. The molecule has 1 aliphatic heterocycles. The molecule has 3 N–H and O–H groups in total. The van der Waals surface area contributed by atoms with Crippen LogP contribution in [0.15, 0.2) is 48.5 Å². The Morgan fingerprint density at radius 1 is 1.06 bits per heavy atom. The van der Waals surface area contributed by atoms with Crippen molar-refractivity contribution in [3.8, 4) is 5.69 Å². The second-order valence-electron chi connectivity index (χ2n) is 14.6. The molecular weight excluding hydrogens is 623 g/mol. The minimum absolute atomic E-state index is 0.0463. The number of aliphatic hydroxyl groups excluding tert-OH is 1. The van der Waals surface area contributed by atoms with E-state index >= 15 is 0 Å². The van der Waals surface area contributed by atoms with Crippen molar-refractivity contribution in [2.75, 3.05) is 23.6 Å². The topological polar surface area (TPSA) is 110 Å². The number of aryl methyl sites for hydroxylation is 1. The summed E-state index contributed by atoms with van der Waals surface area (Å²) in [5.74, 6) is 2.06. The Morgan fingerprint density at radius 3 is 2.46 bits per heavy atom. The Kier molecular flexibility index (Phi) is 8.69. The fourth-order valence-corrected chi connectivity index (χ4v) is 10.0. The number of carbonyl (C=O) groups excluding carboxylic acids is 3. The average molecular weight is 671 g/mol. The number of Topliss-reactive ketones (excluding diaryl/α,β-unsaturated/α-hetero) is 1. The highest BCUT2D eigenvalue weighted by Crippen LogP contribution is 2.86. The zero-order valence-corrected chi connectivity index (χ0v) is 29.4. The van der Waals surface area contributed by atoms with Crippen molar-refractivity contribution in [3.63, 3.8) is 0 Å². The summed E-state index contributed by atoms with van der Waals surface area (Å²) in [5, 5.41) is 14.5. The molecule has 0 bridgehead atoms. The number of anilines is 1. The van der Waals surface area contributed by atoms with Crippen molar-refractivity contribution in [2.45, 2.75) is 85.4 Å². The molecule has 5 atom stereocenters. The Hall–Kier alpha value is -3.63. The van der Waals surface area contributed by atoms with E-state index in [9.17, 15) is 19.5 Å². The number of hydrogen-bond donors (Lipinski definition) is 3. The van der Waals surface area contributed by atoms with Gasteiger partial charge in [0.15, 0.2) is 5.69 Å². The second kappa shape index (κ2) is 12.7. The summed E-state index contributed by atoms with van der Waals surface area (Å²) in [7, 11) is 0. The fraction of sp³-hybridized carbons (Fsp3) is 0.526. The van der Waals surface area contributed by atoms with Gasteiger partial charge >= 0.3 is 0 Å². The van der Waals surface area contributed by atoms with Crippen LogP contribution in [0.4, 0.5) is 5.69 Å². The zero-order chi connectivity index (χ0) is 33.8. The molecular formula is C38H48N5O4S+. The molecule has 2 unspecified atom stereocenters. The van der Waals surface area contributed by atoms with Crippen LogP contribution in [-0.4, -0.2) is 62.7 Å². The van der Waals surface area contributed by atoms with Gasteiger partial charge in [0.1, 0.15) is 17.6 Å². The van der Waals surface area contributed by atoms with E-state index in [4.69, 9.17) is 0 Å². The maximum atomic E-state index is 14.4. The Labute approximate surface area is 287 Å². The maximum Gasteiger partial charge on any atom is 0.276 e. The standard InChI is InChI=1S/C38H47N5O4S/c1-5-7-15-41(16-8-6-2)36(47)31-17-24(3)43(39-31)32-14-13-27(40-48-23-38-21-30-29(20-33(38)44)37(30,38)4)19-28(32)35(46)42-22-26-12-10-9-11-25(26)18-34(42)45/h9-14,17,19,29-30,34,40,45H,5-8,15-16,18,20-23H2,1-4H3/p+1/t29-,30?,34+,37?,38+/m0/s1. The molecule has 2 amide bonds. The van der Waals surface area contributed by atoms with E-state index in [0.717, 1.165) is 61.0 Å². The van der Waals surface area contributed by atoms with Gasteiger partial charge < -0.3 is 19.6 Å². The summed E-state index contributed by atoms with van der Waals surface area (Å²) in [6.45, 7) is 10.2. The predicted molar refractivity (Wildman–Crippen MR) is 187 cm³/mol. The number of aromatic nitrogens is 2. The number of amides is 2. The van der Waals surface area contributed by atoms with Crippen LogP contribution in [0.1, 0.15) is 97.0 Å². The van der Waals surface area contributed by atoms with Crippen LogP contribution in [0.3, 0.4) is 0 Å². The van der Waals surface area contributed by atoms with Gasteiger partial charge in [0.25, 0.3) is 11.8 Å². The number of carbonyl (C=O) groups is 3. The first kappa shape index (κ1) is 32.9. The van der Waals surface area contributed by atoms with Crippen molar-refractivity contribution >= 4 is 35.2 Å². The van der Waals surface area contributed by atoms with Crippen LogP contribution in [0.25, 0.3) is 5.69 Å². The van der Waals surface area contributed by atoms with E-state index in [1.807, 2.05) is 60.4 Å². The highest BCUT2D eigenvalue weighted by atomic mass is 32.2. The molecule has 0 spiro atoms. The molecule has 1 aromatic heterocycles. The van der Waals surface area contributed by atoms with Crippen LogP contribution in [-0.2, 0) is 17.8 Å². The molecule has 48 heavy (non-hydrogen) atoms. The van der Waals surface area contributed by atoms with Crippen molar-refractivity contribution in [1.82, 2.24) is 14.9 Å². The molecule has 0 saturated heterocycles. The lowest BCUT2D eigenvalue weighted by molar-refractivity contribution is -0.661. The van der Waals surface area contributed by atoms with E-state index in [0.29, 0.717) is 66.4 Å². The molecule has 7 rings (SSSR count). The van der Waals surface area contributed by atoms with Crippen molar-refractivity contribution in [1.29, 1.82) is 0 Å². The number of H-pyrrole nitrogens is 1. The number of fused-ring (bicyclic) bond motifs is 2. The third-order valence-electron chi connectivity index (χ3n) is 11.9. The van der Waals surface area contributed by atoms with Crippen molar-refractivity contribution in [3.05, 3.63) is 76.6 Å². The monoisotopic (exact) mass is 670 g/mol. The maximum absolute atomic E-state index is 14.4. The molecule has 3 aliphatic carbocycles. The molecule has 10 heteroatoms. The quantitative estimate of drug-likeness (QED) is 0.156. The molecule has 2 heterocycles. The minimum atomic E-state index is -0.963. The number of aliphatic hydroxyl groups is 1. The lowest BCUT2D eigenvalue weighted by Crippen LogP contribution is -2.48. The normalized spacial score (nSPS) is 26.5. The number of nitrogens with one attached hydrogen (secondary N) is 2. The van der Waals surface area contributed by atoms with Crippen LogP contribution in [0.5, 0.6) is 0 Å². The number of benzene rings is 2. The third kappa shape index (κ3) is 5.26. The first-order chi connectivity index (χ1) is 23.1. The summed E-state index contributed by atoms with van der Waals surface area (Å²) < 4.78 is 5.25. The van der Waals surface area contributed by atoms with Gasteiger partial charge in [0, 0.05) is 68.4 Å². The van der Waals surface area contributed by atoms with E-state index in [1.54, 1.807) is 4.68 Å². The predicted octanol–water partition coefficient (Wildman–Crippen LogP) is 5.83. The largest absolute Gasteiger partial charge is 0.373 e. The lowest BCUT2D eigenvalue weighted by Gasteiger charge is -2.45. The van der Waals surface area contributed by atoms with Gasteiger partial charge in [-0.25, -0.2) is 0 Å². The van der Waals surface area contributed by atoms with Crippen LogP contribution in [0.2, 0.25) is 0 Å². The Balaban J connectivity index is 1.18. The number of rotatable bonds is 13. The van der Waals surface area contributed by atoms with Gasteiger partial charge in [0.05, 0.1) is 0 Å². The summed E-state index contributed by atoms with van der Waals surface area (Å²) in [6, 6.07) is 15.4. The van der Waals surface area contributed by atoms with E-state index in [-0.39, 0.29) is 22.6 Å².